The lowest BCUT2D eigenvalue weighted by atomic mass is 10.0. The van der Waals surface area contributed by atoms with Crippen molar-refractivity contribution in [2.45, 2.75) is 39.3 Å². The van der Waals surface area contributed by atoms with Gasteiger partial charge in [-0.2, -0.15) is 0 Å². The van der Waals surface area contributed by atoms with Crippen molar-refractivity contribution in [2.75, 3.05) is 11.4 Å². The number of benzene rings is 2. The number of para-hydroxylation sites is 1. The Morgan fingerprint density at radius 1 is 0.903 bits per heavy atom. The Bertz CT molecular complexity index is 1040. The molecule has 2 heterocycles. The van der Waals surface area contributed by atoms with Crippen LogP contribution < -0.4 is 4.90 Å². The van der Waals surface area contributed by atoms with Crippen molar-refractivity contribution in [3.63, 3.8) is 0 Å². The van der Waals surface area contributed by atoms with E-state index in [1.54, 1.807) is 43.0 Å². The van der Waals surface area contributed by atoms with Gasteiger partial charge in [0.05, 0.1) is 11.1 Å². The van der Waals surface area contributed by atoms with Crippen LogP contribution in [0.1, 0.15) is 47.1 Å². The molecule has 0 radical (unpaired) electrons. The lowest BCUT2D eigenvalue weighted by molar-refractivity contribution is -0.159. The summed E-state index contributed by atoms with van der Waals surface area (Å²) in [5.74, 6) is -2.53. The van der Waals surface area contributed by atoms with E-state index in [1.165, 1.54) is 6.92 Å². The maximum atomic E-state index is 13.1. The average Bonchev–Trinajstić information content (AvgIpc) is 3.28. The largest absolute Gasteiger partial charge is 0.451 e. The summed E-state index contributed by atoms with van der Waals surface area (Å²) in [6.45, 7) is 5.50. The van der Waals surface area contributed by atoms with Gasteiger partial charge in [-0.1, -0.05) is 44.2 Å². The van der Waals surface area contributed by atoms with Crippen LogP contribution in [0.15, 0.2) is 48.5 Å². The highest BCUT2D eigenvalue weighted by Crippen LogP contribution is 2.30. The topological polar surface area (TPSA) is 84.0 Å². The highest BCUT2D eigenvalue weighted by atomic mass is 16.5. The Labute approximate surface area is 180 Å². The fourth-order valence-corrected chi connectivity index (χ4v) is 4.22. The number of rotatable bonds is 5. The Balaban J connectivity index is 1.52. The molecule has 2 aromatic carbocycles. The van der Waals surface area contributed by atoms with E-state index in [9.17, 15) is 19.2 Å². The number of ether oxygens (including phenoxy) is 1. The molecule has 2 aromatic rings. The Morgan fingerprint density at radius 2 is 1.48 bits per heavy atom. The van der Waals surface area contributed by atoms with E-state index in [0.29, 0.717) is 6.54 Å². The van der Waals surface area contributed by atoms with Crippen LogP contribution >= 0.6 is 0 Å². The molecule has 2 aliphatic heterocycles. The number of esters is 1. The van der Waals surface area contributed by atoms with E-state index in [1.807, 2.05) is 24.3 Å². The van der Waals surface area contributed by atoms with Gasteiger partial charge in [-0.25, -0.2) is 4.79 Å². The fraction of sp³-hybridized carbons (Fsp3) is 0.333. The molecule has 160 valence electrons. The first-order valence-electron chi connectivity index (χ1n) is 10.4. The van der Waals surface area contributed by atoms with Gasteiger partial charge < -0.3 is 9.64 Å². The van der Waals surface area contributed by atoms with Gasteiger partial charge in [0.15, 0.2) is 6.10 Å². The third kappa shape index (κ3) is 3.50. The van der Waals surface area contributed by atoms with Crippen LogP contribution in [-0.4, -0.2) is 47.3 Å². The standard InChI is InChI=1S/C24H24N2O5/c1-14(2)20(26-22(28)17-9-5-6-10-18(17)23(26)29)24(30)31-15(3)21(27)25-13-12-16-8-4-7-11-19(16)25/h4-11,14-15,20H,12-13H2,1-3H3/t15-,20+/m0/s1. The first-order valence-corrected chi connectivity index (χ1v) is 10.4. The van der Waals surface area contributed by atoms with Gasteiger partial charge in [0.2, 0.25) is 0 Å². The van der Waals surface area contributed by atoms with Crippen LogP contribution in [0.2, 0.25) is 0 Å². The minimum absolute atomic E-state index is 0.267. The monoisotopic (exact) mass is 420 g/mol. The van der Waals surface area contributed by atoms with Gasteiger partial charge in [-0.15, -0.1) is 0 Å². The lowest BCUT2D eigenvalue weighted by Gasteiger charge is -2.29. The van der Waals surface area contributed by atoms with Crippen molar-refractivity contribution in [1.82, 2.24) is 4.90 Å². The molecule has 3 amide bonds. The van der Waals surface area contributed by atoms with Crippen LogP contribution in [0.4, 0.5) is 5.69 Å². The van der Waals surface area contributed by atoms with E-state index in [0.717, 1.165) is 22.6 Å². The molecule has 0 spiro atoms. The zero-order chi connectivity index (χ0) is 22.3. The molecular weight excluding hydrogens is 396 g/mol. The molecule has 0 bridgehead atoms. The van der Waals surface area contributed by atoms with Gasteiger partial charge >= 0.3 is 5.97 Å². The van der Waals surface area contributed by atoms with Gasteiger partial charge in [0, 0.05) is 12.2 Å². The molecule has 0 aliphatic carbocycles. The molecule has 2 aliphatic rings. The van der Waals surface area contributed by atoms with Crippen molar-refractivity contribution in [1.29, 1.82) is 0 Å². The zero-order valence-corrected chi connectivity index (χ0v) is 17.7. The number of imide groups is 1. The molecule has 31 heavy (non-hydrogen) atoms. The number of anilines is 1. The number of amides is 3. The predicted molar refractivity (Wildman–Crippen MR) is 114 cm³/mol. The molecule has 7 heteroatoms. The maximum Gasteiger partial charge on any atom is 0.330 e. The molecule has 0 saturated carbocycles. The quantitative estimate of drug-likeness (QED) is 0.549. The fourth-order valence-electron chi connectivity index (χ4n) is 4.22. The summed E-state index contributed by atoms with van der Waals surface area (Å²) in [4.78, 5) is 54.3. The second-order valence-electron chi connectivity index (χ2n) is 8.16. The second kappa shape index (κ2) is 7.98. The molecule has 0 saturated heterocycles. The summed E-state index contributed by atoms with van der Waals surface area (Å²) in [6, 6.07) is 13.0. The molecule has 0 fully saturated rings. The van der Waals surface area contributed by atoms with Crippen molar-refractivity contribution >= 4 is 29.4 Å². The summed E-state index contributed by atoms with van der Waals surface area (Å²) < 4.78 is 5.49. The highest BCUT2D eigenvalue weighted by molar-refractivity contribution is 6.22. The summed E-state index contributed by atoms with van der Waals surface area (Å²) in [6.07, 6.45) is -0.304. The highest BCUT2D eigenvalue weighted by Gasteiger charge is 2.45. The lowest BCUT2D eigenvalue weighted by Crippen LogP contribution is -2.50. The summed E-state index contributed by atoms with van der Waals surface area (Å²) in [5, 5.41) is 0. The summed E-state index contributed by atoms with van der Waals surface area (Å²) in [5.41, 5.74) is 2.42. The first-order chi connectivity index (χ1) is 14.8. The van der Waals surface area contributed by atoms with Gasteiger partial charge in [0.1, 0.15) is 6.04 Å². The first kappa shape index (κ1) is 20.8. The summed E-state index contributed by atoms with van der Waals surface area (Å²) in [7, 11) is 0. The van der Waals surface area contributed by atoms with Crippen LogP contribution in [0.5, 0.6) is 0 Å². The number of carbonyl (C=O) groups excluding carboxylic acids is 4. The van der Waals surface area contributed by atoms with Crippen molar-refractivity contribution in [3.05, 3.63) is 65.2 Å². The SMILES string of the molecule is CC(C)[C@H](C(=O)O[C@@H](C)C(=O)N1CCc2ccccc21)N1C(=O)c2ccccc2C1=O. The van der Waals surface area contributed by atoms with Crippen LogP contribution in [-0.2, 0) is 20.7 Å². The minimum Gasteiger partial charge on any atom is -0.451 e. The molecule has 2 atom stereocenters. The molecule has 7 nitrogen and oxygen atoms in total. The van der Waals surface area contributed by atoms with Gasteiger partial charge in [0.25, 0.3) is 17.7 Å². The van der Waals surface area contributed by atoms with Crippen molar-refractivity contribution in [3.8, 4) is 0 Å². The normalized spacial score (nSPS) is 16.9. The van der Waals surface area contributed by atoms with E-state index in [-0.39, 0.29) is 23.0 Å². The number of fused-ring (bicyclic) bond motifs is 2. The van der Waals surface area contributed by atoms with Gasteiger partial charge in [-0.3, -0.25) is 19.3 Å². The molecular formula is C24H24N2O5. The van der Waals surface area contributed by atoms with Crippen molar-refractivity contribution in [2.24, 2.45) is 5.92 Å². The van der Waals surface area contributed by atoms with E-state index < -0.39 is 29.9 Å². The van der Waals surface area contributed by atoms with E-state index >= 15 is 0 Å². The second-order valence-corrected chi connectivity index (χ2v) is 8.16. The maximum absolute atomic E-state index is 13.1. The number of carbonyl (C=O) groups is 4. The predicted octanol–water partition coefficient (Wildman–Crippen LogP) is 2.83. The average molecular weight is 420 g/mol. The third-order valence-electron chi connectivity index (χ3n) is 5.77. The number of hydrogen-bond donors (Lipinski definition) is 0. The smallest absolute Gasteiger partial charge is 0.330 e. The van der Waals surface area contributed by atoms with Crippen LogP contribution in [0.3, 0.4) is 0 Å². The van der Waals surface area contributed by atoms with Crippen LogP contribution in [0, 0.1) is 5.92 Å². The van der Waals surface area contributed by atoms with Crippen LogP contribution in [0.25, 0.3) is 0 Å². The Kier molecular flexibility index (Phi) is 5.35. The molecule has 0 aromatic heterocycles. The molecule has 0 unspecified atom stereocenters. The Hall–Kier alpha value is -3.48. The molecule has 4 rings (SSSR count). The number of nitrogens with zero attached hydrogens (tertiary/aromatic N) is 2. The van der Waals surface area contributed by atoms with Crippen molar-refractivity contribution < 1.29 is 23.9 Å². The summed E-state index contributed by atoms with van der Waals surface area (Å²) >= 11 is 0. The zero-order valence-electron chi connectivity index (χ0n) is 17.7. The third-order valence-corrected chi connectivity index (χ3v) is 5.77. The van der Waals surface area contributed by atoms with E-state index in [2.05, 4.69) is 0 Å². The van der Waals surface area contributed by atoms with Gasteiger partial charge in [-0.05, 0) is 43.0 Å². The molecule has 0 N–H and O–H groups in total. The Morgan fingerprint density at radius 3 is 2.10 bits per heavy atom. The number of hydrogen-bond acceptors (Lipinski definition) is 5. The minimum atomic E-state index is -1.12. The van der Waals surface area contributed by atoms with E-state index in [4.69, 9.17) is 4.74 Å².